The van der Waals surface area contributed by atoms with Crippen molar-refractivity contribution < 1.29 is 4.74 Å². The predicted molar refractivity (Wildman–Crippen MR) is 119 cm³/mol. The fraction of sp³-hybridized carbons (Fsp3) is 0.474. The zero-order valence-corrected chi connectivity index (χ0v) is 18.7. The Morgan fingerprint density at radius 3 is 2.92 bits per heavy atom. The lowest BCUT2D eigenvalue weighted by atomic mass is 10.1. The first-order chi connectivity index (χ1) is 12.2. The van der Waals surface area contributed by atoms with Crippen molar-refractivity contribution in [1.82, 2.24) is 15.6 Å². The first-order valence-corrected chi connectivity index (χ1v) is 9.67. The summed E-state index contributed by atoms with van der Waals surface area (Å²) in [7, 11) is 1.79. The van der Waals surface area contributed by atoms with Crippen LogP contribution in [0.2, 0.25) is 0 Å². The van der Waals surface area contributed by atoms with Gasteiger partial charge in [-0.3, -0.25) is 4.99 Å². The van der Waals surface area contributed by atoms with Gasteiger partial charge in [0.2, 0.25) is 0 Å². The van der Waals surface area contributed by atoms with Gasteiger partial charge in [0.05, 0.1) is 23.9 Å². The summed E-state index contributed by atoms with van der Waals surface area (Å²) in [5, 5.41) is 9.99. The fourth-order valence-corrected chi connectivity index (χ4v) is 3.62. The molecular formula is C19H27IN4OS. The molecule has 0 amide bonds. The van der Waals surface area contributed by atoms with E-state index in [0.717, 1.165) is 43.4 Å². The van der Waals surface area contributed by atoms with E-state index in [1.165, 1.54) is 16.1 Å². The van der Waals surface area contributed by atoms with E-state index in [9.17, 15) is 0 Å². The Bertz CT molecular complexity index is 745. The molecule has 142 valence electrons. The van der Waals surface area contributed by atoms with Crippen LogP contribution in [0.4, 0.5) is 0 Å². The van der Waals surface area contributed by atoms with Gasteiger partial charge in [-0.15, -0.1) is 35.3 Å². The second kappa shape index (κ2) is 10.1. The van der Waals surface area contributed by atoms with Crippen LogP contribution in [0.5, 0.6) is 5.75 Å². The summed E-state index contributed by atoms with van der Waals surface area (Å²) in [6, 6.07) is 6.48. The monoisotopic (exact) mass is 486 g/mol. The van der Waals surface area contributed by atoms with Crippen molar-refractivity contribution in [1.29, 1.82) is 0 Å². The van der Waals surface area contributed by atoms with Gasteiger partial charge in [0.15, 0.2) is 5.96 Å². The number of hydrogen-bond donors (Lipinski definition) is 2. The number of ether oxygens (including phenoxy) is 1. The molecule has 2 aromatic rings. The van der Waals surface area contributed by atoms with Crippen LogP contribution in [-0.4, -0.2) is 31.1 Å². The van der Waals surface area contributed by atoms with E-state index in [2.05, 4.69) is 58.0 Å². The first kappa shape index (κ1) is 21.0. The zero-order valence-electron chi connectivity index (χ0n) is 15.5. The average Bonchev–Trinajstić information content (AvgIpc) is 3.26. The number of thiazole rings is 1. The number of fused-ring (bicyclic) bond motifs is 1. The molecule has 0 bridgehead atoms. The van der Waals surface area contributed by atoms with Crippen LogP contribution in [0.15, 0.2) is 28.6 Å². The molecule has 1 aromatic carbocycles. The SMILES string of the molecule is CN=C(NCCc1ccc2c(c1)CCO2)NCc1csc(C(C)C)n1.I. The van der Waals surface area contributed by atoms with Crippen molar-refractivity contribution in [2.45, 2.75) is 39.2 Å². The molecule has 0 radical (unpaired) electrons. The molecule has 2 heterocycles. The molecule has 0 saturated heterocycles. The largest absolute Gasteiger partial charge is 0.493 e. The van der Waals surface area contributed by atoms with Crippen LogP contribution < -0.4 is 15.4 Å². The molecule has 0 aliphatic carbocycles. The highest BCUT2D eigenvalue weighted by atomic mass is 127. The molecule has 0 saturated carbocycles. The van der Waals surface area contributed by atoms with Gasteiger partial charge in [-0.25, -0.2) is 4.98 Å². The molecule has 0 fully saturated rings. The second-order valence-electron chi connectivity index (χ2n) is 6.47. The molecule has 2 N–H and O–H groups in total. The van der Waals surface area contributed by atoms with Crippen LogP contribution in [0, 0.1) is 0 Å². The third-order valence-electron chi connectivity index (χ3n) is 4.18. The summed E-state index contributed by atoms with van der Waals surface area (Å²) < 4.78 is 5.55. The van der Waals surface area contributed by atoms with Crippen molar-refractivity contribution in [2.75, 3.05) is 20.2 Å². The minimum Gasteiger partial charge on any atom is -0.493 e. The van der Waals surface area contributed by atoms with Crippen molar-refractivity contribution >= 4 is 41.3 Å². The summed E-state index contributed by atoms with van der Waals surface area (Å²) in [6.07, 6.45) is 1.98. The lowest BCUT2D eigenvalue weighted by Crippen LogP contribution is -2.37. The van der Waals surface area contributed by atoms with E-state index < -0.39 is 0 Å². The van der Waals surface area contributed by atoms with Gasteiger partial charge in [-0.1, -0.05) is 26.0 Å². The Kier molecular flexibility index (Phi) is 8.15. The van der Waals surface area contributed by atoms with Crippen molar-refractivity contribution in [3.63, 3.8) is 0 Å². The van der Waals surface area contributed by atoms with Crippen molar-refractivity contribution in [2.24, 2.45) is 4.99 Å². The fourth-order valence-electron chi connectivity index (χ4n) is 2.78. The maximum atomic E-state index is 5.55. The highest BCUT2D eigenvalue weighted by molar-refractivity contribution is 14.0. The summed E-state index contributed by atoms with van der Waals surface area (Å²) in [6.45, 7) is 6.68. The van der Waals surface area contributed by atoms with E-state index in [4.69, 9.17) is 4.74 Å². The van der Waals surface area contributed by atoms with Crippen LogP contribution >= 0.6 is 35.3 Å². The molecule has 3 rings (SSSR count). The lowest BCUT2D eigenvalue weighted by Gasteiger charge is -2.11. The Hall–Kier alpha value is -1.35. The molecule has 0 atom stereocenters. The van der Waals surface area contributed by atoms with Gasteiger partial charge in [-0.2, -0.15) is 0 Å². The molecule has 26 heavy (non-hydrogen) atoms. The molecule has 0 unspecified atom stereocenters. The number of guanidine groups is 1. The number of aromatic nitrogens is 1. The topological polar surface area (TPSA) is 58.5 Å². The van der Waals surface area contributed by atoms with Gasteiger partial charge < -0.3 is 15.4 Å². The minimum absolute atomic E-state index is 0. The number of nitrogens with zero attached hydrogens (tertiary/aromatic N) is 2. The molecule has 1 aliphatic rings. The third-order valence-corrected chi connectivity index (χ3v) is 5.38. The Morgan fingerprint density at radius 1 is 1.35 bits per heavy atom. The number of benzene rings is 1. The molecule has 0 spiro atoms. The first-order valence-electron chi connectivity index (χ1n) is 8.79. The highest BCUT2D eigenvalue weighted by Crippen LogP contribution is 2.25. The van der Waals surface area contributed by atoms with Gasteiger partial charge >= 0.3 is 0 Å². The summed E-state index contributed by atoms with van der Waals surface area (Å²) in [5.41, 5.74) is 3.72. The third kappa shape index (κ3) is 5.57. The zero-order chi connectivity index (χ0) is 17.6. The minimum atomic E-state index is 0. The maximum Gasteiger partial charge on any atom is 0.191 e. The van der Waals surface area contributed by atoms with E-state index >= 15 is 0 Å². The van der Waals surface area contributed by atoms with Crippen LogP contribution in [-0.2, 0) is 19.4 Å². The smallest absolute Gasteiger partial charge is 0.191 e. The lowest BCUT2D eigenvalue weighted by molar-refractivity contribution is 0.357. The number of halogens is 1. The Balaban J connectivity index is 0.00000243. The van der Waals surface area contributed by atoms with Crippen LogP contribution in [0.25, 0.3) is 0 Å². The van der Waals surface area contributed by atoms with Crippen molar-refractivity contribution in [3.05, 3.63) is 45.4 Å². The van der Waals surface area contributed by atoms with Gasteiger partial charge in [0.1, 0.15) is 5.75 Å². The molecular weight excluding hydrogens is 459 g/mol. The van der Waals surface area contributed by atoms with Gasteiger partial charge in [0.25, 0.3) is 0 Å². The normalized spacial score (nSPS) is 13.2. The van der Waals surface area contributed by atoms with Gasteiger partial charge in [-0.05, 0) is 23.6 Å². The van der Waals surface area contributed by atoms with Crippen LogP contribution in [0.3, 0.4) is 0 Å². The molecule has 5 nitrogen and oxygen atoms in total. The molecule has 1 aromatic heterocycles. The van der Waals surface area contributed by atoms with E-state index in [0.29, 0.717) is 12.5 Å². The maximum absolute atomic E-state index is 5.55. The summed E-state index contributed by atoms with van der Waals surface area (Å²) in [5.74, 6) is 2.33. The number of nitrogens with one attached hydrogen (secondary N) is 2. The summed E-state index contributed by atoms with van der Waals surface area (Å²) >= 11 is 1.72. The number of aliphatic imine (C=N–C) groups is 1. The number of rotatable bonds is 6. The van der Waals surface area contributed by atoms with E-state index in [1.54, 1.807) is 18.4 Å². The Labute approximate surface area is 176 Å². The van der Waals surface area contributed by atoms with Crippen molar-refractivity contribution in [3.8, 4) is 5.75 Å². The van der Waals surface area contributed by atoms with E-state index in [-0.39, 0.29) is 24.0 Å². The molecule has 1 aliphatic heterocycles. The van der Waals surface area contributed by atoms with E-state index in [1.807, 2.05) is 0 Å². The summed E-state index contributed by atoms with van der Waals surface area (Å²) in [4.78, 5) is 8.92. The standard InChI is InChI=1S/C19H26N4OS.HI/c1-13(2)18-23-16(12-25-18)11-22-19(20-3)21-8-6-14-4-5-17-15(10-14)7-9-24-17;/h4-5,10,12-13H,6-9,11H2,1-3H3,(H2,20,21,22);1H. The van der Waals surface area contributed by atoms with Gasteiger partial charge in [0, 0.05) is 31.3 Å². The van der Waals surface area contributed by atoms with Crippen LogP contribution in [0.1, 0.15) is 41.6 Å². The Morgan fingerprint density at radius 2 is 2.19 bits per heavy atom. The molecule has 7 heteroatoms. The predicted octanol–water partition coefficient (Wildman–Crippen LogP) is 3.73. The number of hydrogen-bond acceptors (Lipinski definition) is 4. The average molecular weight is 486 g/mol. The highest BCUT2D eigenvalue weighted by Gasteiger charge is 2.12. The quantitative estimate of drug-likeness (QED) is 0.371. The second-order valence-corrected chi connectivity index (χ2v) is 7.36.